The molecule has 0 saturated heterocycles. The highest BCUT2D eigenvalue weighted by Crippen LogP contribution is 2.46. The first-order chi connectivity index (χ1) is 31.2. The SMILES string of the molecule is Cc1cc(-c2cc(C(C)(C)C)cc(C(C)(C)C)c2)ccc1-n1c(-c2cc(C(C)(C)C)cc(C(C)(C)C)c2O)nc2c(-c3cc(-c4cc(-c5ccccc5)ccn4)cc(C(C)(C)C)c3)cccc21. The molecule has 0 saturated carbocycles. The number of imidazole rings is 1. The average Bonchev–Trinajstić information content (AvgIpc) is 3.64. The zero-order chi connectivity index (χ0) is 48.6. The maximum Gasteiger partial charge on any atom is 0.149 e. The Morgan fingerprint density at radius 3 is 1.60 bits per heavy atom. The Morgan fingerprint density at radius 1 is 0.433 bits per heavy atom. The molecule has 0 spiro atoms. The van der Waals surface area contributed by atoms with Gasteiger partial charge in [0, 0.05) is 22.9 Å². The molecule has 4 nitrogen and oxygen atoms in total. The summed E-state index contributed by atoms with van der Waals surface area (Å²) in [4.78, 5) is 10.6. The molecule has 1 N–H and O–H groups in total. The fourth-order valence-electron chi connectivity index (χ4n) is 9.08. The van der Waals surface area contributed by atoms with Gasteiger partial charge in [-0.15, -0.1) is 0 Å². The molecule has 6 aromatic carbocycles. The maximum atomic E-state index is 12.5. The van der Waals surface area contributed by atoms with Crippen LogP contribution in [0.5, 0.6) is 5.75 Å². The smallest absolute Gasteiger partial charge is 0.149 e. The number of hydrogen-bond acceptors (Lipinski definition) is 3. The number of benzene rings is 6. The van der Waals surface area contributed by atoms with Crippen molar-refractivity contribution in [2.24, 2.45) is 0 Å². The van der Waals surface area contributed by atoms with E-state index < -0.39 is 0 Å². The second-order valence-corrected chi connectivity index (χ2v) is 24.0. The van der Waals surface area contributed by atoms with E-state index in [1.807, 2.05) is 6.20 Å². The first-order valence-electron chi connectivity index (χ1n) is 24.0. The summed E-state index contributed by atoms with van der Waals surface area (Å²) in [6, 6.07) is 46.5. The lowest BCUT2D eigenvalue weighted by atomic mass is 9.78. The molecule has 0 amide bonds. The first kappa shape index (κ1) is 47.2. The summed E-state index contributed by atoms with van der Waals surface area (Å²) in [6.07, 6.45) is 1.91. The topological polar surface area (TPSA) is 50.9 Å². The Labute approximate surface area is 401 Å². The van der Waals surface area contributed by atoms with Crippen molar-refractivity contribution in [3.05, 3.63) is 167 Å². The van der Waals surface area contributed by atoms with Crippen molar-refractivity contribution in [3.63, 3.8) is 0 Å². The van der Waals surface area contributed by atoms with E-state index in [9.17, 15) is 5.11 Å². The summed E-state index contributed by atoms with van der Waals surface area (Å²) in [5.41, 5.74) is 18.7. The summed E-state index contributed by atoms with van der Waals surface area (Å²) in [6.45, 7) is 36.0. The van der Waals surface area contributed by atoms with Crippen LogP contribution in [0.2, 0.25) is 0 Å². The first-order valence-corrected chi connectivity index (χ1v) is 24.0. The van der Waals surface area contributed by atoms with Crippen molar-refractivity contribution in [3.8, 4) is 67.5 Å². The van der Waals surface area contributed by atoms with Gasteiger partial charge in [0.25, 0.3) is 0 Å². The Balaban J connectivity index is 1.41. The van der Waals surface area contributed by atoms with Crippen LogP contribution < -0.4 is 0 Å². The number of phenols is 1. The second kappa shape index (κ2) is 16.8. The van der Waals surface area contributed by atoms with E-state index in [0.717, 1.165) is 72.5 Å². The molecule has 0 aliphatic rings. The third kappa shape index (κ3) is 9.51. The lowest BCUT2D eigenvalue weighted by Crippen LogP contribution is -2.17. The maximum absolute atomic E-state index is 12.5. The summed E-state index contributed by atoms with van der Waals surface area (Å²) >= 11 is 0. The predicted molar refractivity (Wildman–Crippen MR) is 286 cm³/mol. The third-order valence-corrected chi connectivity index (χ3v) is 13.4. The van der Waals surface area contributed by atoms with Crippen LogP contribution in [0.25, 0.3) is 72.7 Å². The van der Waals surface area contributed by atoms with Gasteiger partial charge in [-0.2, -0.15) is 0 Å². The highest BCUT2D eigenvalue weighted by atomic mass is 16.3. The van der Waals surface area contributed by atoms with E-state index in [4.69, 9.17) is 9.97 Å². The number of hydrogen-bond donors (Lipinski definition) is 1. The van der Waals surface area contributed by atoms with Gasteiger partial charge in [-0.25, -0.2) is 4.98 Å². The summed E-state index contributed by atoms with van der Waals surface area (Å²) in [7, 11) is 0. The molecule has 344 valence electrons. The minimum atomic E-state index is -0.317. The van der Waals surface area contributed by atoms with E-state index in [0.29, 0.717) is 5.82 Å². The van der Waals surface area contributed by atoms with Crippen LogP contribution in [0.3, 0.4) is 0 Å². The number of fused-ring (bicyclic) bond motifs is 1. The largest absolute Gasteiger partial charge is 0.507 e. The number of para-hydroxylation sites is 1. The van der Waals surface area contributed by atoms with E-state index in [1.54, 1.807) is 0 Å². The standard InChI is InChI=1S/C63H71N3O/c1-39-29-41(43-31-47(60(5,6)7)36-48(32-43)61(8,9)10)25-26-54(39)66-55-24-20-23-50(56(55)65-58(66)51-37-49(62(11,12)13)38-52(57(51)67)63(14,15)16)44-30-45(34-46(33-44)59(2,3)4)53-35-42(27-28-64-53)40-21-18-17-19-22-40/h17-38,67H,1-16H3. The fourth-order valence-corrected chi connectivity index (χ4v) is 9.08. The van der Waals surface area contributed by atoms with Crippen LogP contribution in [0.1, 0.15) is 137 Å². The predicted octanol–water partition coefficient (Wildman–Crippen LogP) is 17.3. The molecule has 8 aromatic rings. The van der Waals surface area contributed by atoms with Crippen molar-refractivity contribution in [1.29, 1.82) is 0 Å². The van der Waals surface area contributed by atoms with Crippen LogP contribution in [0.15, 0.2) is 134 Å². The van der Waals surface area contributed by atoms with Crippen LogP contribution in [-0.4, -0.2) is 19.6 Å². The van der Waals surface area contributed by atoms with Crippen molar-refractivity contribution in [2.75, 3.05) is 0 Å². The van der Waals surface area contributed by atoms with Crippen molar-refractivity contribution < 1.29 is 5.11 Å². The molecule has 2 aromatic heterocycles. The van der Waals surface area contributed by atoms with Crippen molar-refractivity contribution in [1.82, 2.24) is 14.5 Å². The molecular formula is C63H71N3O. The number of pyridine rings is 1. The number of phenolic OH excluding ortho intramolecular Hbond substituents is 1. The zero-order valence-corrected chi connectivity index (χ0v) is 43.0. The Hall–Kier alpha value is -6.26. The number of rotatable bonds is 6. The van der Waals surface area contributed by atoms with Gasteiger partial charge >= 0.3 is 0 Å². The van der Waals surface area contributed by atoms with Gasteiger partial charge in [-0.1, -0.05) is 183 Å². The molecule has 67 heavy (non-hydrogen) atoms. The Morgan fingerprint density at radius 2 is 1.00 bits per heavy atom. The molecule has 0 aliphatic carbocycles. The highest BCUT2D eigenvalue weighted by Gasteiger charge is 2.30. The van der Waals surface area contributed by atoms with Crippen molar-refractivity contribution in [2.45, 2.75) is 138 Å². The van der Waals surface area contributed by atoms with Crippen molar-refractivity contribution >= 4 is 11.0 Å². The Kier molecular flexibility index (Phi) is 11.9. The second-order valence-electron chi connectivity index (χ2n) is 24.0. The quantitative estimate of drug-likeness (QED) is 0.181. The highest BCUT2D eigenvalue weighted by molar-refractivity contribution is 5.97. The summed E-state index contributed by atoms with van der Waals surface area (Å²) in [5.74, 6) is 0.976. The fraction of sp³-hybridized carbons (Fsp3) is 0.333. The minimum absolute atomic E-state index is 0.00128. The van der Waals surface area contributed by atoms with E-state index >= 15 is 0 Å². The number of nitrogens with zero attached hydrogens (tertiary/aromatic N) is 3. The number of aromatic nitrogens is 3. The molecule has 8 rings (SSSR count). The van der Waals surface area contributed by atoms with Gasteiger partial charge in [-0.05, 0) is 138 Å². The van der Waals surface area contributed by atoms with Crippen LogP contribution in [0.4, 0.5) is 0 Å². The molecule has 0 bridgehead atoms. The Bertz CT molecular complexity index is 3120. The van der Waals surface area contributed by atoms with Crippen LogP contribution in [0, 0.1) is 6.92 Å². The lowest BCUT2D eigenvalue weighted by Gasteiger charge is -2.27. The molecule has 0 unspecified atom stereocenters. The zero-order valence-electron chi connectivity index (χ0n) is 43.0. The number of aromatic hydroxyl groups is 1. The average molecular weight is 886 g/mol. The molecule has 4 heteroatoms. The third-order valence-electron chi connectivity index (χ3n) is 13.4. The lowest BCUT2D eigenvalue weighted by molar-refractivity contribution is 0.446. The van der Waals surface area contributed by atoms with Gasteiger partial charge in [0.1, 0.15) is 11.6 Å². The van der Waals surface area contributed by atoms with E-state index in [-0.39, 0.29) is 32.8 Å². The van der Waals surface area contributed by atoms with Crippen LogP contribution in [-0.2, 0) is 27.1 Å². The number of aryl methyl sites for hydroxylation is 1. The van der Waals surface area contributed by atoms with Gasteiger partial charge in [0.05, 0.1) is 28.0 Å². The molecular weight excluding hydrogens is 815 g/mol. The van der Waals surface area contributed by atoms with Gasteiger partial charge in [0.15, 0.2) is 0 Å². The van der Waals surface area contributed by atoms with Gasteiger partial charge in [0.2, 0.25) is 0 Å². The minimum Gasteiger partial charge on any atom is -0.507 e. The van der Waals surface area contributed by atoms with E-state index in [1.165, 1.54) is 27.8 Å². The summed E-state index contributed by atoms with van der Waals surface area (Å²) < 4.78 is 2.29. The molecule has 2 heterocycles. The molecule has 0 radical (unpaired) electrons. The summed E-state index contributed by atoms with van der Waals surface area (Å²) in [5, 5.41) is 12.5. The van der Waals surface area contributed by atoms with Gasteiger partial charge in [-0.3, -0.25) is 9.55 Å². The molecule has 0 atom stereocenters. The van der Waals surface area contributed by atoms with Crippen LogP contribution >= 0.6 is 0 Å². The monoisotopic (exact) mass is 886 g/mol. The van der Waals surface area contributed by atoms with Gasteiger partial charge < -0.3 is 5.11 Å². The molecule has 0 fully saturated rings. The van der Waals surface area contributed by atoms with E-state index in [2.05, 4.69) is 243 Å². The molecule has 0 aliphatic heterocycles. The normalized spacial score (nSPS) is 12.8.